The summed E-state index contributed by atoms with van der Waals surface area (Å²) >= 11 is 2.99. The highest BCUT2D eigenvalue weighted by atomic mass is 79.9. The topological polar surface area (TPSA) is 109 Å². The standard InChI is InChI=1S/C6H5BrO3S.C4HF9O3S/c7-5-3-1-2-4-6(5)11(8,9)10;5-1(6,3(9,10)11)2(7,8)4(12,13)17(14,15)16/h1-4H,(H,8,9,10);(H,14,15,16). The third-order valence-electron chi connectivity index (χ3n) is 2.55. The first-order valence-electron chi connectivity index (χ1n) is 5.91. The highest BCUT2D eigenvalue weighted by Crippen LogP contribution is 2.54. The zero-order chi connectivity index (χ0) is 23.0. The van der Waals surface area contributed by atoms with Gasteiger partial charge in [0.2, 0.25) is 0 Å². The molecule has 0 aromatic heterocycles. The van der Waals surface area contributed by atoms with Crippen LogP contribution in [0.25, 0.3) is 0 Å². The molecule has 0 saturated heterocycles. The highest BCUT2D eigenvalue weighted by Gasteiger charge is 2.85. The Hall–Kier alpha value is -1.11. The van der Waals surface area contributed by atoms with E-state index in [0.29, 0.717) is 4.47 Å². The van der Waals surface area contributed by atoms with Gasteiger partial charge in [-0.1, -0.05) is 12.1 Å². The van der Waals surface area contributed by atoms with Crippen LogP contribution < -0.4 is 0 Å². The van der Waals surface area contributed by atoms with Crippen molar-refractivity contribution in [1.29, 1.82) is 0 Å². The first-order valence-corrected chi connectivity index (χ1v) is 9.58. The SMILES string of the molecule is O=S(=O)(O)C(F)(F)C(F)(F)C(F)(F)C(F)(F)F.O=S(=O)(O)c1ccccc1Br. The quantitative estimate of drug-likeness (QED) is 0.445. The molecule has 0 aliphatic carbocycles. The van der Waals surface area contributed by atoms with Gasteiger partial charge in [0, 0.05) is 4.47 Å². The third-order valence-corrected chi connectivity index (χ3v) is 5.32. The molecule has 0 spiro atoms. The van der Waals surface area contributed by atoms with Crippen LogP contribution in [0.1, 0.15) is 0 Å². The third kappa shape index (κ3) is 5.28. The van der Waals surface area contributed by atoms with Crippen LogP contribution >= 0.6 is 15.9 Å². The van der Waals surface area contributed by atoms with Gasteiger partial charge in [-0.3, -0.25) is 9.11 Å². The van der Waals surface area contributed by atoms with E-state index < -0.39 is 43.5 Å². The summed E-state index contributed by atoms with van der Waals surface area (Å²) in [7, 11) is -11.2. The van der Waals surface area contributed by atoms with Crippen molar-refractivity contribution in [3.8, 4) is 0 Å². The van der Waals surface area contributed by atoms with Gasteiger partial charge in [0.1, 0.15) is 4.90 Å². The van der Waals surface area contributed by atoms with E-state index in [9.17, 15) is 56.3 Å². The Kier molecular flexibility index (Phi) is 7.64. The van der Waals surface area contributed by atoms with Gasteiger partial charge in [0.15, 0.2) is 0 Å². The Morgan fingerprint density at radius 1 is 0.750 bits per heavy atom. The monoisotopic (exact) mass is 536 g/mol. The average Bonchev–Trinajstić information content (AvgIpc) is 2.44. The van der Waals surface area contributed by atoms with Crippen LogP contribution in [0.15, 0.2) is 33.6 Å². The molecule has 28 heavy (non-hydrogen) atoms. The van der Waals surface area contributed by atoms with Crippen LogP contribution in [0.5, 0.6) is 0 Å². The normalized spacial score (nSPS) is 14.3. The van der Waals surface area contributed by atoms with Gasteiger partial charge >= 0.3 is 33.4 Å². The van der Waals surface area contributed by atoms with Crippen molar-refractivity contribution in [2.45, 2.75) is 28.2 Å². The van der Waals surface area contributed by atoms with E-state index in [1.54, 1.807) is 12.1 Å². The molecule has 6 nitrogen and oxygen atoms in total. The lowest BCUT2D eigenvalue weighted by molar-refractivity contribution is -0.382. The van der Waals surface area contributed by atoms with E-state index in [1.807, 2.05) is 0 Å². The molecule has 0 unspecified atom stereocenters. The van der Waals surface area contributed by atoms with Crippen LogP contribution in [0, 0.1) is 0 Å². The summed E-state index contributed by atoms with van der Waals surface area (Å²) in [6, 6.07) is 6.06. The Morgan fingerprint density at radius 2 is 1.14 bits per heavy atom. The van der Waals surface area contributed by atoms with Gasteiger partial charge in [-0.05, 0) is 28.1 Å². The highest BCUT2D eigenvalue weighted by molar-refractivity contribution is 9.10. The van der Waals surface area contributed by atoms with E-state index in [4.69, 9.17) is 9.11 Å². The van der Waals surface area contributed by atoms with Gasteiger partial charge in [-0.25, -0.2) is 0 Å². The molecule has 0 aliphatic heterocycles. The van der Waals surface area contributed by atoms with Gasteiger partial charge in [0.25, 0.3) is 10.1 Å². The van der Waals surface area contributed by atoms with E-state index in [1.165, 1.54) is 12.1 Å². The van der Waals surface area contributed by atoms with Crippen molar-refractivity contribution < 1.29 is 65.5 Å². The first kappa shape index (κ1) is 26.9. The van der Waals surface area contributed by atoms with Crippen molar-refractivity contribution in [2.24, 2.45) is 0 Å². The molecule has 1 rings (SSSR count). The molecule has 1 aromatic rings. The lowest BCUT2D eigenvalue weighted by Crippen LogP contribution is -2.63. The summed E-state index contributed by atoms with van der Waals surface area (Å²) < 4.78 is 164. The molecule has 0 heterocycles. The summed E-state index contributed by atoms with van der Waals surface area (Å²) in [4.78, 5) is -0.111. The molecule has 2 N–H and O–H groups in total. The lowest BCUT2D eigenvalue weighted by atomic mass is 10.1. The zero-order valence-electron chi connectivity index (χ0n) is 12.4. The fourth-order valence-corrected chi connectivity index (χ4v) is 3.09. The second-order valence-electron chi connectivity index (χ2n) is 4.54. The van der Waals surface area contributed by atoms with Crippen molar-refractivity contribution in [1.82, 2.24) is 0 Å². The number of benzene rings is 1. The maximum absolute atomic E-state index is 12.2. The van der Waals surface area contributed by atoms with Gasteiger partial charge < -0.3 is 0 Å². The Morgan fingerprint density at radius 3 is 1.39 bits per heavy atom. The molecule has 0 aliphatic rings. The fourth-order valence-electron chi connectivity index (χ4n) is 1.18. The van der Waals surface area contributed by atoms with Crippen molar-refractivity contribution in [2.75, 3.05) is 0 Å². The predicted octanol–water partition coefficient (Wildman–Crippen LogP) is 4.00. The summed E-state index contributed by atoms with van der Waals surface area (Å²) in [5, 5.41) is -7.00. The van der Waals surface area contributed by atoms with E-state index >= 15 is 0 Å². The lowest BCUT2D eigenvalue weighted by Gasteiger charge is -2.31. The summed E-state index contributed by atoms with van der Waals surface area (Å²) in [6.07, 6.45) is -7.13. The average molecular weight is 537 g/mol. The number of rotatable bonds is 4. The van der Waals surface area contributed by atoms with Crippen LogP contribution in [0.2, 0.25) is 0 Å². The van der Waals surface area contributed by atoms with Crippen molar-refractivity contribution >= 4 is 36.2 Å². The predicted molar refractivity (Wildman–Crippen MR) is 76.4 cm³/mol. The second-order valence-corrected chi connectivity index (χ2v) is 8.25. The number of halogens is 10. The smallest absolute Gasteiger partial charge is 0.282 e. The molecule has 0 fully saturated rings. The van der Waals surface area contributed by atoms with Crippen molar-refractivity contribution in [3.05, 3.63) is 28.7 Å². The van der Waals surface area contributed by atoms with E-state index in [0.717, 1.165) is 0 Å². The van der Waals surface area contributed by atoms with Crippen LogP contribution in [-0.2, 0) is 20.2 Å². The molecular formula is C10H6BrF9O6S2. The molecule has 0 atom stereocenters. The maximum atomic E-state index is 12.2. The largest absolute Gasteiger partial charge is 0.460 e. The molecular weight excluding hydrogens is 531 g/mol. The fraction of sp³-hybridized carbons (Fsp3) is 0.400. The maximum Gasteiger partial charge on any atom is 0.460 e. The van der Waals surface area contributed by atoms with Crippen LogP contribution in [0.3, 0.4) is 0 Å². The Labute approximate surface area is 159 Å². The van der Waals surface area contributed by atoms with Crippen molar-refractivity contribution in [3.63, 3.8) is 0 Å². The van der Waals surface area contributed by atoms with E-state index in [2.05, 4.69) is 15.9 Å². The molecule has 1 aromatic carbocycles. The number of hydrogen-bond donors (Lipinski definition) is 2. The number of hydrogen-bond acceptors (Lipinski definition) is 4. The Balaban J connectivity index is 0.000000567. The van der Waals surface area contributed by atoms with Crippen LogP contribution in [0.4, 0.5) is 39.5 Å². The molecule has 0 radical (unpaired) electrons. The van der Waals surface area contributed by atoms with Gasteiger partial charge in [-0.2, -0.15) is 56.3 Å². The van der Waals surface area contributed by atoms with Gasteiger partial charge in [-0.15, -0.1) is 0 Å². The summed E-state index contributed by atoms with van der Waals surface area (Å²) in [6.45, 7) is 0. The molecule has 18 heteroatoms. The number of alkyl halides is 9. The minimum Gasteiger partial charge on any atom is -0.282 e. The summed E-state index contributed by atoms with van der Waals surface area (Å²) in [5.74, 6) is -14.7. The zero-order valence-corrected chi connectivity index (χ0v) is 15.7. The molecule has 164 valence electrons. The molecule has 0 amide bonds. The van der Waals surface area contributed by atoms with Gasteiger partial charge in [0.05, 0.1) is 0 Å². The minimum absolute atomic E-state index is 0.111. The molecule has 0 saturated carbocycles. The summed E-state index contributed by atoms with van der Waals surface area (Å²) in [5.41, 5.74) is 0. The minimum atomic E-state index is -7.37. The van der Waals surface area contributed by atoms with Crippen LogP contribution in [-0.4, -0.2) is 49.2 Å². The Bertz CT molecular complexity index is 912. The first-order chi connectivity index (χ1) is 12.0. The van der Waals surface area contributed by atoms with E-state index in [-0.39, 0.29) is 4.90 Å². The molecule has 0 bridgehead atoms. The second kappa shape index (κ2) is 7.96.